The van der Waals surface area contributed by atoms with E-state index in [0.29, 0.717) is 15.7 Å². The number of anilines is 2. The van der Waals surface area contributed by atoms with Crippen LogP contribution in [0.3, 0.4) is 0 Å². The monoisotopic (exact) mass is 425 g/mol. The molecule has 0 saturated heterocycles. The van der Waals surface area contributed by atoms with Crippen molar-refractivity contribution in [1.82, 2.24) is 14.8 Å². The molecule has 0 saturated carbocycles. The number of amides is 1. The number of hydrogen-bond acceptors (Lipinski definition) is 9. The lowest BCUT2D eigenvalue weighted by Crippen LogP contribution is -2.18. The van der Waals surface area contributed by atoms with E-state index in [4.69, 9.17) is 25.9 Å². The molecule has 3 N–H and O–H groups in total. The van der Waals surface area contributed by atoms with Gasteiger partial charge in [-0.15, -0.1) is 10.2 Å². The number of nitrogens with zero attached hydrogens (tertiary/aromatic N) is 3. The van der Waals surface area contributed by atoms with Gasteiger partial charge in [0.2, 0.25) is 10.9 Å². The molecule has 0 atom stereocenters. The zero-order chi connectivity index (χ0) is 20.3. The molecule has 3 aromatic heterocycles. The van der Waals surface area contributed by atoms with Crippen molar-refractivity contribution < 1.29 is 19.1 Å². The average Bonchev–Trinajstić information content (AvgIpc) is 3.25. The van der Waals surface area contributed by atoms with Crippen molar-refractivity contribution in [3.63, 3.8) is 0 Å². The molecular formula is C16H16ClN5O5S. The first-order valence-corrected chi connectivity index (χ1v) is 9.17. The Kier molecular flexibility index (Phi) is 5.97. The molecule has 0 aliphatic rings. The highest BCUT2D eigenvalue weighted by Crippen LogP contribution is 2.32. The lowest BCUT2D eigenvalue weighted by Gasteiger charge is -2.10. The third kappa shape index (κ3) is 4.01. The van der Waals surface area contributed by atoms with E-state index in [1.54, 1.807) is 16.8 Å². The molecule has 10 nitrogen and oxygen atoms in total. The normalized spacial score (nSPS) is 10.7. The summed E-state index contributed by atoms with van der Waals surface area (Å²) in [6, 6.07) is 3.03. The summed E-state index contributed by atoms with van der Waals surface area (Å²) >= 11 is 7.26. The van der Waals surface area contributed by atoms with Gasteiger partial charge in [-0.25, -0.2) is 4.79 Å². The number of aliphatic hydroxyl groups excluding tert-OH is 1. The number of carbonyl (C=O) groups excluding carboxylic acids is 1. The van der Waals surface area contributed by atoms with Gasteiger partial charge in [0.15, 0.2) is 10.8 Å². The number of aromatic nitrogens is 3. The first-order chi connectivity index (χ1) is 13.4. The van der Waals surface area contributed by atoms with Crippen LogP contribution in [0.5, 0.6) is 5.75 Å². The van der Waals surface area contributed by atoms with E-state index in [9.17, 15) is 9.59 Å². The second kappa shape index (κ2) is 8.42. The summed E-state index contributed by atoms with van der Waals surface area (Å²) in [6.07, 6.45) is 1.78. The predicted octanol–water partition coefficient (Wildman–Crippen LogP) is 1.82. The minimum absolute atomic E-state index is 0.0958. The summed E-state index contributed by atoms with van der Waals surface area (Å²) in [5.74, 6) is -1.03. The average molecular weight is 426 g/mol. The maximum absolute atomic E-state index is 12.5. The highest BCUT2D eigenvalue weighted by molar-refractivity contribution is 7.18. The van der Waals surface area contributed by atoms with Crippen LogP contribution >= 0.6 is 22.9 Å². The second-order valence-corrected chi connectivity index (χ2v) is 6.87. The molecule has 0 unspecified atom stereocenters. The van der Waals surface area contributed by atoms with Crippen molar-refractivity contribution in [2.75, 3.05) is 30.9 Å². The first kappa shape index (κ1) is 19.9. The van der Waals surface area contributed by atoms with Crippen molar-refractivity contribution in [3.8, 4) is 16.5 Å². The molecule has 12 heteroatoms. The molecule has 0 aliphatic heterocycles. The number of hydrogen-bond donors (Lipinski definition) is 3. The standard InChI is InChI=1S/C16H16ClN5O5S/c1-22-5-3-8(17)11(22)14-20-21-16(28-14)19-13(24)10-7-9(18-4-6-23)12(26-2)15(25)27-10/h3,5,7,18,23H,4,6H2,1-2H3,(H,19,21,24). The molecule has 0 aliphatic carbocycles. The van der Waals surface area contributed by atoms with E-state index < -0.39 is 11.5 Å². The molecular weight excluding hydrogens is 410 g/mol. The Morgan fingerprint density at radius 3 is 2.89 bits per heavy atom. The number of rotatable bonds is 7. The second-order valence-electron chi connectivity index (χ2n) is 5.49. The van der Waals surface area contributed by atoms with E-state index in [1.807, 2.05) is 7.05 Å². The van der Waals surface area contributed by atoms with E-state index >= 15 is 0 Å². The minimum atomic E-state index is -0.830. The van der Waals surface area contributed by atoms with Gasteiger partial charge in [-0.3, -0.25) is 10.1 Å². The third-order valence-corrected chi connectivity index (χ3v) is 4.79. The molecule has 3 rings (SSSR count). The Hall–Kier alpha value is -2.89. The summed E-state index contributed by atoms with van der Waals surface area (Å²) in [5, 5.41) is 23.5. The van der Waals surface area contributed by atoms with Crippen LogP contribution in [0.2, 0.25) is 5.02 Å². The number of methoxy groups -OCH3 is 1. The summed E-state index contributed by atoms with van der Waals surface area (Å²) in [5.41, 5.74) is 0.0711. The number of nitrogens with one attached hydrogen (secondary N) is 2. The van der Waals surface area contributed by atoms with Crippen LogP contribution in [0.15, 0.2) is 27.5 Å². The van der Waals surface area contributed by atoms with Gasteiger partial charge in [-0.2, -0.15) is 0 Å². The smallest absolute Gasteiger partial charge is 0.381 e. The molecule has 0 bridgehead atoms. The van der Waals surface area contributed by atoms with Gasteiger partial charge in [0.25, 0.3) is 5.91 Å². The Morgan fingerprint density at radius 2 is 2.25 bits per heavy atom. The van der Waals surface area contributed by atoms with Crippen LogP contribution in [0.1, 0.15) is 10.6 Å². The predicted molar refractivity (Wildman–Crippen MR) is 104 cm³/mol. The van der Waals surface area contributed by atoms with Gasteiger partial charge in [0.1, 0.15) is 0 Å². The van der Waals surface area contributed by atoms with Crippen LogP contribution in [0.25, 0.3) is 10.7 Å². The van der Waals surface area contributed by atoms with Crippen LogP contribution < -0.4 is 21.0 Å². The van der Waals surface area contributed by atoms with Crippen LogP contribution in [-0.4, -0.2) is 46.0 Å². The lowest BCUT2D eigenvalue weighted by atomic mass is 10.3. The van der Waals surface area contributed by atoms with Crippen LogP contribution in [0, 0.1) is 0 Å². The maximum atomic E-state index is 12.5. The Balaban J connectivity index is 1.84. The zero-order valence-corrected chi connectivity index (χ0v) is 16.4. The quantitative estimate of drug-likeness (QED) is 0.522. The molecule has 0 fully saturated rings. The van der Waals surface area contributed by atoms with Gasteiger partial charge < -0.3 is 24.1 Å². The summed E-state index contributed by atoms with van der Waals surface area (Å²) in [4.78, 5) is 24.5. The highest BCUT2D eigenvalue weighted by Gasteiger charge is 2.20. The topological polar surface area (TPSA) is 132 Å². The van der Waals surface area contributed by atoms with Crippen molar-refractivity contribution >= 4 is 39.7 Å². The highest BCUT2D eigenvalue weighted by atomic mass is 35.5. The molecule has 1 amide bonds. The molecule has 148 valence electrons. The third-order valence-electron chi connectivity index (χ3n) is 3.63. The molecule has 0 aromatic carbocycles. The Morgan fingerprint density at radius 1 is 1.46 bits per heavy atom. The Bertz CT molecular complexity index is 1040. The summed E-state index contributed by atoms with van der Waals surface area (Å²) in [7, 11) is 3.11. The zero-order valence-electron chi connectivity index (χ0n) is 14.9. The molecule has 28 heavy (non-hydrogen) atoms. The maximum Gasteiger partial charge on any atom is 0.381 e. The fraction of sp³-hybridized carbons (Fsp3) is 0.250. The molecule has 3 aromatic rings. The van der Waals surface area contributed by atoms with Gasteiger partial charge in [-0.05, 0) is 6.07 Å². The van der Waals surface area contributed by atoms with Crippen LogP contribution in [0.4, 0.5) is 10.8 Å². The summed E-state index contributed by atoms with van der Waals surface area (Å²) in [6.45, 7) is -0.00174. The lowest BCUT2D eigenvalue weighted by molar-refractivity contribution is 0.0991. The fourth-order valence-electron chi connectivity index (χ4n) is 2.39. The number of halogens is 1. The summed E-state index contributed by atoms with van der Waals surface area (Å²) < 4.78 is 11.8. The number of aliphatic hydroxyl groups is 1. The first-order valence-electron chi connectivity index (χ1n) is 7.97. The van der Waals surface area contributed by atoms with Crippen molar-refractivity contribution in [3.05, 3.63) is 39.5 Å². The Labute approximate surface area is 167 Å². The molecule has 3 heterocycles. The van der Waals surface area contributed by atoms with Crippen LogP contribution in [-0.2, 0) is 7.05 Å². The minimum Gasteiger partial charge on any atom is -0.488 e. The fourth-order valence-corrected chi connectivity index (χ4v) is 3.57. The van der Waals surface area contributed by atoms with E-state index in [-0.39, 0.29) is 35.5 Å². The molecule has 0 radical (unpaired) electrons. The van der Waals surface area contributed by atoms with Gasteiger partial charge in [0.05, 0.1) is 30.1 Å². The van der Waals surface area contributed by atoms with E-state index in [1.165, 1.54) is 13.2 Å². The molecule has 0 spiro atoms. The van der Waals surface area contributed by atoms with Crippen molar-refractivity contribution in [2.45, 2.75) is 0 Å². The van der Waals surface area contributed by atoms with E-state index in [0.717, 1.165) is 11.3 Å². The number of carbonyl (C=O) groups is 1. The SMILES string of the molecule is COc1c(NCCO)cc(C(=O)Nc2nnc(-c3c(Cl)ccn3C)s2)oc1=O. The van der Waals surface area contributed by atoms with Gasteiger partial charge in [-0.1, -0.05) is 22.9 Å². The van der Waals surface area contributed by atoms with Gasteiger partial charge >= 0.3 is 5.63 Å². The largest absolute Gasteiger partial charge is 0.488 e. The van der Waals surface area contributed by atoms with E-state index in [2.05, 4.69) is 20.8 Å². The number of ether oxygens (including phenoxy) is 1. The van der Waals surface area contributed by atoms with Gasteiger partial charge in [0, 0.05) is 25.9 Å². The van der Waals surface area contributed by atoms with Crippen molar-refractivity contribution in [1.29, 1.82) is 0 Å². The number of aryl methyl sites for hydroxylation is 1. The van der Waals surface area contributed by atoms with Crippen molar-refractivity contribution in [2.24, 2.45) is 7.05 Å².